The predicted molar refractivity (Wildman–Crippen MR) is 79.8 cm³/mol. The molecule has 0 aromatic heterocycles. The van der Waals surface area contributed by atoms with Crippen molar-refractivity contribution in [1.29, 1.82) is 0 Å². The summed E-state index contributed by atoms with van der Waals surface area (Å²) < 4.78 is 0. The second-order valence-electron chi connectivity index (χ2n) is 5.82. The summed E-state index contributed by atoms with van der Waals surface area (Å²) in [5.41, 5.74) is 5.54. The van der Waals surface area contributed by atoms with Crippen molar-refractivity contribution in [2.75, 3.05) is 26.2 Å². The van der Waals surface area contributed by atoms with Crippen molar-refractivity contribution < 1.29 is 5.11 Å². The van der Waals surface area contributed by atoms with Crippen molar-refractivity contribution in [2.45, 2.75) is 71.3 Å². The summed E-state index contributed by atoms with van der Waals surface area (Å²) >= 11 is 0. The van der Waals surface area contributed by atoms with E-state index in [4.69, 9.17) is 10.8 Å². The number of unbranched alkanes of at least 4 members (excludes halogenated alkanes) is 3. The predicted octanol–water partition coefficient (Wildman–Crippen LogP) is 2.77. The number of nitrogens with two attached hydrogens (primary N) is 1. The van der Waals surface area contributed by atoms with Gasteiger partial charge in [0.1, 0.15) is 0 Å². The van der Waals surface area contributed by atoms with Crippen LogP contribution in [0.5, 0.6) is 0 Å². The molecule has 0 amide bonds. The van der Waals surface area contributed by atoms with Crippen LogP contribution in [-0.4, -0.2) is 41.8 Å². The second-order valence-corrected chi connectivity index (χ2v) is 5.82. The maximum atomic E-state index is 9.10. The molecule has 3 nitrogen and oxygen atoms in total. The molecule has 0 fully saturated rings. The average molecular weight is 258 g/mol. The van der Waals surface area contributed by atoms with E-state index in [9.17, 15) is 0 Å². The van der Waals surface area contributed by atoms with Crippen molar-refractivity contribution >= 4 is 0 Å². The van der Waals surface area contributed by atoms with Gasteiger partial charge in [-0.1, -0.05) is 33.1 Å². The van der Waals surface area contributed by atoms with Gasteiger partial charge in [0.05, 0.1) is 6.61 Å². The van der Waals surface area contributed by atoms with Gasteiger partial charge in [-0.2, -0.15) is 0 Å². The SMILES string of the molecule is CCCCN(CCCC)CCCCC(C)(N)CO. The molecule has 0 saturated carbocycles. The molecule has 0 heterocycles. The molecule has 0 aromatic carbocycles. The van der Waals surface area contributed by atoms with Crippen molar-refractivity contribution in [1.82, 2.24) is 4.90 Å². The minimum atomic E-state index is -0.391. The van der Waals surface area contributed by atoms with Crippen LogP contribution in [0.15, 0.2) is 0 Å². The van der Waals surface area contributed by atoms with Gasteiger partial charge in [-0.25, -0.2) is 0 Å². The van der Waals surface area contributed by atoms with Crippen LogP contribution in [0.2, 0.25) is 0 Å². The van der Waals surface area contributed by atoms with Gasteiger partial charge < -0.3 is 15.7 Å². The molecule has 0 rings (SSSR count). The van der Waals surface area contributed by atoms with Crippen LogP contribution < -0.4 is 5.73 Å². The summed E-state index contributed by atoms with van der Waals surface area (Å²) in [5, 5.41) is 9.10. The Labute approximate surface area is 114 Å². The van der Waals surface area contributed by atoms with Gasteiger partial charge in [0.25, 0.3) is 0 Å². The standard InChI is InChI=1S/C15H34N2O/c1-4-6-11-17(12-7-5-2)13-9-8-10-15(3,16)14-18/h18H,4-14,16H2,1-3H3. The van der Waals surface area contributed by atoms with Gasteiger partial charge in [-0.3, -0.25) is 0 Å². The quantitative estimate of drug-likeness (QED) is 0.529. The Balaban J connectivity index is 3.73. The molecule has 0 aliphatic carbocycles. The number of nitrogens with zero attached hydrogens (tertiary/aromatic N) is 1. The fourth-order valence-corrected chi connectivity index (χ4v) is 2.04. The number of hydrogen-bond donors (Lipinski definition) is 2. The van der Waals surface area contributed by atoms with Crippen LogP contribution in [-0.2, 0) is 0 Å². The van der Waals surface area contributed by atoms with Crippen LogP contribution in [0.25, 0.3) is 0 Å². The second kappa shape index (κ2) is 10.8. The first-order valence-corrected chi connectivity index (χ1v) is 7.67. The molecule has 0 aliphatic heterocycles. The smallest absolute Gasteiger partial charge is 0.0608 e. The molecule has 3 N–H and O–H groups in total. The van der Waals surface area contributed by atoms with Gasteiger partial charge >= 0.3 is 0 Å². The minimum Gasteiger partial charge on any atom is -0.394 e. The lowest BCUT2D eigenvalue weighted by Crippen LogP contribution is -2.40. The van der Waals surface area contributed by atoms with E-state index >= 15 is 0 Å². The minimum absolute atomic E-state index is 0.0857. The van der Waals surface area contributed by atoms with E-state index < -0.39 is 5.54 Å². The number of hydrogen-bond acceptors (Lipinski definition) is 3. The average Bonchev–Trinajstić information content (AvgIpc) is 2.36. The summed E-state index contributed by atoms with van der Waals surface area (Å²) in [6.45, 7) is 10.2. The molecule has 3 heteroatoms. The molecule has 0 saturated heterocycles. The van der Waals surface area contributed by atoms with E-state index in [2.05, 4.69) is 18.7 Å². The Morgan fingerprint density at radius 3 is 1.89 bits per heavy atom. The zero-order valence-corrected chi connectivity index (χ0v) is 12.7. The molecule has 18 heavy (non-hydrogen) atoms. The first kappa shape index (κ1) is 17.9. The third-order valence-corrected chi connectivity index (χ3v) is 3.49. The Morgan fingerprint density at radius 1 is 0.944 bits per heavy atom. The summed E-state index contributed by atoms with van der Waals surface area (Å²) in [6, 6.07) is 0. The first-order chi connectivity index (χ1) is 8.55. The maximum Gasteiger partial charge on any atom is 0.0608 e. The summed E-state index contributed by atoms with van der Waals surface area (Å²) in [7, 11) is 0. The molecule has 1 unspecified atom stereocenters. The van der Waals surface area contributed by atoms with Crippen molar-refractivity contribution in [3.05, 3.63) is 0 Å². The van der Waals surface area contributed by atoms with E-state index in [0.29, 0.717) is 0 Å². The van der Waals surface area contributed by atoms with Gasteiger partial charge in [-0.05, 0) is 52.2 Å². The lowest BCUT2D eigenvalue weighted by molar-refractivity contribution is 0.193. The highest BCUT2D eigenvalue weighted by Crippen LogP contribution is 2.11. The number of aliphatic hydroxyl groups excluding tert-OH is 1. The molecule has 1 atom stereocenters. The van der Waals surface area contributed by atoms with Crippen molar-refractivity contribution in [2.24, 2.45) is 5.73 Å². The zero-order valence-electron chi connectivity index (χ0n) is 12.7. The van der Waals surface area contributed by atoms with Crippen LogP contribution in [0.1, 0.15) is 65.7 Å². The number of rotatable bonds is 12. The molecule has 0 radical (unpaired) electrons. The topological polar surface area (TPSA) is 49.5 Å². The summed E-state index contributed by atoms with van der Waals surface area (Å²) in [6.07, 6.45) is 8.37. The van der Waals surface area contributed by atoms with Crippen LogP contribution in [0, 0.1) is 0 Å². The van der Waals surface area contributed by atoms with E-state index in [1.54, 1.807) is 0 Å². The van der Waals surface area contributed by atoms with Crippen molar-refractivity contribution in [3.63, 3.8) is 0 Å². The molecular weight excluding hydrogens is 224 g/mol. The van der Waals surface area contributed by atoms with Gasteiger partial charge in [0.2, 0.25) is 0 Å². The molecular formula is C15H34N2O. The van der Waals surface area contributed by atoms with E-state index in [0.717, 1.165) is 12.8 Å². The van der Waals surface area contributed by atoms with Gasteiger partial charge in [0.15, 0.2) is 0 Å². The zero-order chi connectivity index (χ0) is 13.9. The Kier molecular flexibility index (Phi) is 10.7. The highest BCUT2D eigenvalue weighted by Gasteiger charge is 2.16. The van der Waals surface area contributed by atoms with Crippen LogP contribution >= 0.6 is 0 Å². The highest BCUT2D eigenvalue weighted by atomic mass is 16.3. The van der Waals surface area contributed by atoms with Gasteiger partial charge in [-0.15, -0.1) is 0 Å². The largest absolute Gasteiger partial charge is 0.394 e. The molecule has 0 aliphatic rings. The van der Waals surface area contributed by atoms with Gasteiger partial charge in [0, 0.05) is 5.54 Å². The fourth-order valence-electron chi connectivity index (χ4n) is 2.04. The molecule has 0 bridgehead atoms. The van der Waals surface area contributed by atoms with E-state index in [-0.39, 0.29) is 6.61 Å². The Bertz CT molecular complexity index is 175. The third-order valence-electron chi connectivity index (χ3n) is 3.49. The highest BCUT2D eigenvalue weighted by molar-refractivity contribution is 4.76. The number of aliphatic hydroxyl groups is 1. The molecule has 110 valence electrons. The van der Waals surface area contributed by atoms with E-state index in [1.165, 1.54) is 51.7 Å². The Morgan fingerprint density at radius 2 is 1.44 bits per heavy atom. The lowest BCUT2D eigenvalue weighted by atomic mass is 9.97. The maximum absolute atomic E-state index is 9.10. The van der Waals surface area contributed by atoms with Crippen LogP contribution in [0.4, 0.5) is 0 Å². The fraction of sp³-hybridized carbons (Fsp3) is 1.00. The molecule has 0 spiro atoms. The first-order valence-electron chi connectivity index (χ1n) is 7.67. The van der Waals surface area contributed by atoms with Crippen LogP contribution in [0.3, 0.4) is 0 Å². The van der Waals surface area contributed by atoms with Crippen molar-refractivity contribution in [3.8, 4) is 0 Å². The normalized spacial score (nSPS) is 15.0. The summed E-state index contributed by atoms with van der Waals surface area (Å²) in [5.74, 6) is 0. The Hall–Kier alpha value is -0.120. The summed E-state index contributed by atoms with van der Waals surface area (Å²) in [4.78, 5) is 2.58. The van der Waals surface area contributed by atoms with E-state index in [1.807, 2.05) is 6.92 Å². The lowest BCUT2D eigenvalue weighted by Gasteiger charge is -2.24. The third kappa shape index (κ3) is 9.86. The monoisotopic (exact) mass is 258 g/mol. The molecule has 0 aromatic rings.